The average molecular weight is 396 g/mol. The van der Waals surface area contributed by atoms with Crippen molar-refractivity contribution in [3.8, 4) is 0 Å². The molecule has 1 aromatic heterocycles. The molecular formula is C23H33N5O. The van der Waals surface area contributed by atoms with Crippen molar-refractivity contribution in [3.05, 3.63) is 59.9 Å². The molecular weight excluding hydrogens is 362 g/mol. The summed E-state index contributed by atoms with van der Waals surface area (Å²) >= 11 is 0. The van der Waals surface area contributed by atoms with Gasteiger partial charge < -0.3 is 20.9 Å². The molecule has 1 fully saturated rings. The van der Waals surface area contributed by atoms with E-state index in [1.54, 1.807) is 12.4 Å². The second-order valence-electron chi connectivity index (χ2n) is 7.93. The fourth-order valence-corrected chi connectivity index (χ4v) is 3.72. The lowest BCUT2D eigenvalue weighted by atomic mass is 9.94. The first-order chi connectivity index (χ1) is 14.1. The van der Waals surface area contributed by atoms with Gasteiger partial charge in [-0.15, -0.1) is 0 Å². The van der Waals surface area contributed by atoms with Gasteiger partial charge in [-0.3, -0.25) is 9.78 Å². The molecule has 1 amide bonds. The first kappa shape index (κ1) is 21.3. The number of nitrogens with zero attached hydrogens (tertiary/aromatic N) is 2. The molecule has 3 N–H and O–H groups in total. The molecule has 6 heteroatoms. The van der Waals surface area contributed by atoms with Crippen LogP contribution in [0.1, 0.15) is 36.4 Å². The maximum Gasteiger partial charge on any atom is 0.242 e. The molecule has 0 spiro atoms. The number of rotatable bonds is 9. The third-order valence-corrected chi connectivity index (χ3v) is 5.58. The van der Waals surface area contributed by atoms with Crippen LogP contribution in [0.2, 0.25) is 0 Å². The first-order valence-electron chi connectivity index (χ1n) is 10.5. The summed E-state index contributed by atoms with van der Waals surface area (Å²) < 4.78 is 0. The monoisotopic (exact) mass is 395 g/mol. The fraction of sp³-hybridized carbons (Fsp3) is 0.478. The number of anilines is 1. The highest BCUT2D eigenvalue weighted by Crippen LogP contribution is 2.20. The standard InChI is InChI=1S/C23H33N5O/c1-28(2)21-5-3-20(4-6-21)22(26-16-11-18-7-12-24-13-8-18)23(29)27-17-19-9-14-25-15-10-19/h3-6,9-10,14-15,18,22,24,26H,7-8,11-13,16-17H2,1-2H3,(H,27,29). The lowest BCUT2D eigenvalue weighted by Crippen LogP contribution is -2.38. The van der Waals surface area contributed by atoms with Crippen molar-refractivity contribution in [2.45, 2.75) is 31.8 Å². The van der Waals surface area contributed by atoms with Crippen molar-refractivity contribution in [2.24, 2.45) is 5.92 Å². The van der Waals surface area contributed by atoms with Gasteiger partial charge in [0.2, 0.25) is 5.91 Å². The molecule has 1 saturated heterocycles. The van der Waals surface area contributed by atoms with Crippen LogP contribution in [0.4, 0.5) is 5.69 Å². The van der Waals surface area contributed by atoms with Crippen LogP contribution in [0.25, 0.3) is 0 Å². The summed E-state index contributed by atoms with van der Waals surface area (Å²) in [5.74, 6) is 0.741. The van der Waals surface area contributed by atoms with Gasteiger partial charge in [0.05, 0.1) is 0 Å². The van der Waals surface area contributed by atoms with Gasteiger partial charge in [0.15, 0.2) is 0 Å². The molecule has 1 unspecified atom stereocenters. The Bertz CT molecular complexity index is 742. The van der Waals surface area contributed by atoms with Gasteiger partial charge in [-0.2, -0.15) is 0 Å². The Kier molecular flexibility index (Phi) is 8.02. The molecule has 3 rings (SSSR count). The van der Waals surface area contributed by atoms with Crippen LogP contribution in [0.3, 0.4) is 0 Å². The molecule has 1 aliphatic rings. The zero-order chi connectivity index (χ0) is 20.5. The van der Waals surface area contributed by atoms with Crippen LogP contribution in [0.15, 0.2) is 48.8 Å². The van der Waals surface area contributed by atoms with E-state index < -0.39 is 0 Å². The Morgan fingerprint density at radius 3 is 2.48 bits per heavy atom. The normalized spacial score (nSPS) is 15.7. The smallest absolute Gasteiger partial charge is 0.242 e. The minimum absolute atomic E-state index is 0.00438. The molecule has 1 atom stereocenters. The number of benzene rings is 1. The molecule has 1 aliphatic heterocycles. The Morgan fingerprint density at radius 2 is 1.83 bits per heavy atom. The van der Waals surface area contributed by atoms with E-state index in [2.05, 4.69) is 38.0 Å². The molecule has 0 aliphatic carbocycles. The van der Waals surface area contributed by atoms with Crippen molar-refractivity contribution < 1.29 is 4.79 Å². The van der Waals surface area contributed by atoms with Crippen LogP contribution >= 0.6 is 0 Å². The van der Waals surface area contributed by atoms with Crippen molar-refractivity contribution in [1.82, 2.24) is 20.9 Å². The minimum atomic E-state index is -0.352. The summed E-state index contributed by atoms with van der Waals surface area (Å²) in [5.41, 5.74) is 3.16. The van der Waals surface area contributed by atoms with Crippen LogP contribution in [0, 0.1) is 5.92 Å². The third-order valence-electron chi connectivity index (χ3n) is 5.58. The maximum absolute atomic E-state index is 13.0. The molecule has 0 saturated carbocycles. The molecule has 29 heavy (non-hydrogen) atoms. The second kappa shape index (κ2) is 10.9. The van der Waals surface area contributed by atoms with Gasteiger partial charge in [-0.1, -0.05) is 12.1 Å². The van der Waals surface area contributed by atoms with Crippen LogP contribution in [-0.2, 0) is 11.3 Å². The SMILES string of the molecule is CN(C)c1ccc(C(NCCC2CCNCC2)C(=O)NCc2ccncc2)cc1. The first-order valence-corrected chi connectivity index (χ1v) is 10.5. The van der Waals surface area contributed by atoms with Crippen LogP contribution < -0.4 is 20.9 Å². The van der Waals surface area contributed by atoms with Crippen LogP contribution in [-0.4, -0.2) is 44.6 Å². The van der Waals surface area contributed by atoms with E-state index in [0.29, 0.717) is 6.54 Å². The van der Waals surface area contributed by atoms with Crippen molar-refractivity contribution in [1.29, 1.82) is 0 Å². The van der Waals surface area contributed by atoms with Gasteiger partial charge >= 0.3 is 0 Å². The molecule has 156 valence electrons. The van der Waals surface area contributed by atoms with E-state index in [1.807, 2.05) is 38.4 Å². The number of hydrogen-bond donors (Lipinski definition) is 3. The number of hydrogen-bond acceptors (Lipinski definition) is 5. The minimum Gasteiger partial charge on any atom is -0.378 e. The summed E-state index contributed by atoms with van der Waals surface area (Å²) in [5, 5.41) is 10.00. The topological polar surface area (TPSA) is 69.3 Å². The largest absolute Gasteiger partial charge is 0.378 e. The van der Waals surface area contributed by atoms with E-state index >= 15 is 0 Å². The van der Waals surface area contributed by atoms with Gasteiger partial charge in [0, 0.05) is 38.7 Å². The predicted octanol–water partition coefficient (Wildman–Crippen LogP) is 2.48. The summed E-state index contributed by atoms with van der Waals surface area (Å²) in [6, 6.07) is 11.7. The highest BCUT2D eigenvalue weighted by molar-refractivity contribution is 5.83. The summed E-state index contributed by atoms with van der Waals surface area (Å²) in [6.45, 7) is 3.55. The highest BCUT2D eigenvalue weighted by atomic mass is 16.2. The van der Waals surface area contributed by atoms with E-state index in [4.69, 9.17) is 0 Å². The van der Waals surface area contributed by atoms with Gasteiger partial charge in [0.25, 0.3) is 0 Å². The van der Waals surface area contributed by atoms with Crippen LogP contribution in [0.5, 0.6) is 0 Å². The van der Waals surface area contributed by atoms with Gasteiger partial charge in [-0.05, 0) is 80.2 Å². The fourth-order valence-electron chi connectivity index (χ4n) is 3.72. The zero-order valence-electron chi connectivity index (χ0n) is 17.5. The molecule has 1 aromatic carbocycles. The number of pyridine rings is 1. The summed E-state index contributed by atoms with van der Waals surface area (Å²) in [4.78, 5) is 19.1. The Balaban J connectivity index is 1.63. The number of carbonyl (C=O) groups excluding carboxylic acids is 1. The number of amides is 1. The van der Waals surface area contributed by atoms with E-state index in [0.717, 1.165) is 48.8 Å². The third kappa shape index (κ3) is 6.54. The number of piperidine rings is 1. The quantitative estimate of drug-likeness (QED) is 0.609. The van der Waals surface area contributed by atoms with Gasteiger partial charge in [0.1, 0.15) is 6.04 Å². The number of aromatic nitrogens is 1. The van der Waals surface area contributed by atoms with Crippen molar-refractivity contribution >= 4 is 11.6 Å². The lowest BCUT2D eigenvalue weighted by Gasteiger charge is -2.24. The van der Waals surface area contributed by atoms with Crippen molar-refractivity contribution in [3.63, 3.8) is 0 Å². The highest BCUT2D eigenvalue weighted by Gasteiger charge is 2.21. The summed E-state index contributed by atoms with van der Waals surface area (Å²) in [6.07, 6.45) is 7.04. The molecule has 6 nitrogen and oxygen atoms in total. The average Bonchev–Trinajstić information content (AvgIpc) is 2.76. The second-order valence-corrected chi connectivity index (χ2v) is 7.93. The maximum atomic E-state index is 13.0. The van der Waals surface area contributed by atoms with Crippen molar-refractivity contribution in [2.75, 3.05) is 38.6 Å². The predicted molar refractivity (Wildman–Crippen MR) is 118 cm³/mol. The molecule has 2 heterocycles. The lowest BCUT2D eigenvalue weighted by molar-refractivity contribution is -0.123. The number of carbonyl (C=O) groups is 1. The molecule has 2 aromatic rings. The number of nitrogens with one attached hydrogen (secondary N) is 3. The van der Waals surface area contributed by atoms with E-state index in [-0.39, 0.29) is 11.9 Å². The van der Waals surface area contributed by atoms with E-state index in [1.165, 1.54) is 12.8 Å². The zero-order valence-corrected chi connectivity index (χ0v) is 17.5. The Morgan fingerprint density at radius 1 is 1.14 bits per heavy atom. The summed E-state index contributed by atoms with van der Waals surface area (Å²) in [7, 11) is 4.04. The Labute approximate surface area is 174 Å². The molecule has 0 radical (unpaired) electrons. The van der Waals surface area contributed by atoms with E-state index in [9.17, 15) is 4.79 Å². The van der Waals surface area contributed by atoms with Gasteiger partial charge in [-0.25, -0.2) is 0 Å². The molecule has 0 bridgehead atoms. The Hall–Kier alpha value is -2.44.